The van der Waals surface area contributed by atoms with Crippen LogP contribution < -0.4 is 5.32 Å². The third-order valence-electron chi connectivity index (χ3n) is 3.33. The highest BCUT2D eigenvalue weighted by atomic mass is 32.1. The lowest BCUT2D eigenvalue weighted by Gasteiger charge is -2.13. The summed E-state index contributed by atoms with van der Waals surface area (Å²) >= 11 is 1.31. The molecule has 0 aliphatic heterocycles. The maximum Gasteiger partial charge on any atom is 0.349 e. The molecule has 0 unspecified atom stereocenters. The summed E-state index contributed by atoms with van der Waals surface area (Å²) in [6.07, 6.45) is 0.0995. The van der Waals surface area contributed by atoms with Crippen LogP contribution in [-0.4, -0.2) is 18.0 Å². The van der Waals surface area contributed by atoms with Gasteiger partial charge >= 0.3 is 5.97 Å². The van der Waals surface area contributed by atoms with Gasteiger partial charge in [-0.2, -0.15) is 0 Å². The number of aryl methyl sites for hydroxylation is 2. The van der Waals surface area contributed by atoms with Crippen LogP contribution in [-0.2, 0) is 16.0 Å². The fraction of sp³-hybridized carbons (Fsp3) is 0.294. The largest absolute Gasteiger partial charge is 0.448 e. The van der Waals surface area contributed by atoms with Crippen LogP contribution in [0.3, 0.4) is 0 Å². The van der Waals surface area contributed by atoms with E-state index in [4.69, 9.17) is 4.74 Å². The number of ether oxygens (including phenoxy) is 1. The minimum atomic E-state index is -0.847. The number of esters is 1. The van der Waals surface area contributed by atoms with Gasteiger partial charge in [-0.3, -0.25) is 4.79 Å². The highest BCUT2D eigenvalue weighted by Gasteiger charge is 2.20. The molecular weight excluding hydrogens is 298 g/mol. The quantitative estimate of drug-likeness (QED) is 0.853. The molecule has 1 N–H and O–H groups in total. The van der Waals surface area contributed by atoms with Crippen molar-refractivity contribution in [3.05, 3.63) is 51.7 Å². The number of hydrogen-bond acceptors (Lipinski definition) is 4. The van der Waals surface area contributed by atoms with E-state index in [9.17, 15) is 9.59 Å². The van der Waals surface area contributed by atoms with Gasteiger partial charge in [-0.15, -0.1) is 11.3 Å². The Morgan fingerprint density at radius 2 is 1.91 bits per heavy atom. The number of anilines is 1. The van der Waals surface area contributed by atoms with Crippen molar-refractivity contribution >= 4 is 28.9 Å². The Labute approximate surface area is 134 Å². The van der Waals surface area contributed by atoms with Gasteiger partial charge in [-0.25, -0.2) is 4.79 Å². The van der Waals surface area contributed by atoms with E-state index in [-0.39, 0.29) is 5.91 Å². The Morgan fingerprint density at radius 1 is 1.23 bits per heavy atom. The van der Waals surface area contributed by atoms with Gasteiger partial charge < -0.3 is 10.1 Å². The van der Waals surface area contributed by atoms with Crippen molar-refractivity contribution in [2.45, 2.75) is 33.3 Å². The maximum atomic E-state index is 12.1. The predicted molar refractivity (Wildman–Crippen MR) is 88.4 cm³/mol. The Morgan fingerprint density at radius 3 is 2.45 bits per heavy atom. The Balaban J connectivity index is 1.94. The molecule has 1 atom stereocenters. The van der Waals surface area contributed by atoms with Crippen molar-refractivity contribution in [2.75, 3.05) is 5.32 Å². The minimum Gasteiger partial charge on any atom is -0.448 e. The second-order valence-electron chi connectivity index (χ2n) is 5.02. The van der Waals surface area contributed by atoms with Crippen LogP contribution in [0.1, 0.15) is 34.6 Å². The molecule has 5 heteroatoms. The van der Waals surface area contributed by atoms with Crippen LogP contribution >= 0.6 is 11.3 Å². The first-order valence-electron chi connectivity index (χ1n) is 7.16. The standard InChI is InChI=1S/C17H19NO3S/c1-4-13-5-7-14(8-6-13)18-16(19)12(3)21-17(20)15-11(2)9-10-22-15/h5-10,12H,4H2,1-3H3,(H,18,19)/t12-/m0/s1. The van der Waals surface area contributed by atoms with Gasteiger partial charge in [-0.1, -0.05) is 19.1 Å². The van der Waals surface area contributed by atoms with Gasteiger partial charge in [0.1, 0.15) is 4.88 Å². The summed E-state index contributed by atoms with van der Waals surface area (Å²) in [7, 11) is 0. The Bertz CT molecular complexity index is 661. The summed E-state index contributed by atoms with van der Waals surface area (Å²) in [5.74, 6) is -0.803. The molecule has 2 aromatic rings. The van der Waals surface area contributed by atoms with Crippen LogP contribution in [0, 0.1) is 6.92 Å². The molecule has 0 aliphatic rings. The molecule has 1 aromatic heterocycles. The number of rotatable bonds is 5. The first-order valence-corrected chi connectivity index (χ1v) is 8.04. The summed E-state index contributed by atoms with van der Waals surface area (Å²) in [6, 6.07) is 9.45. The van der Waals surface area contributed by atoms with Gasteiger partial charge in [0.2, 0.25) is 0 Å². The van der Waals surface area contributed by atoms with Crippen molar-refractivity contribution in [1.29, 1.82) is 0 Å². The third kappa shape index (κ3) is 3.95. The number of carbonyl (C=O) groups is 2. The van der Waals surface area contributed by atoms with Gasteiger partial charge in [0.15, 0.2) is 6.10 Å². The first kappa shape index (κ1) is 16.2. The molecule has 0 spiro atoms. The lowest BCUT2D eigenvalue weighted by molar-refractivity contribution is -0.123. The average Bonchev–Trinajstić information content (AvgIpc) is 2.94. The molecule has 116 valence electrons. The van der Waals surface area contributed by atoms with Crippen LogP contribution in [0.2, 0.25) is 0 Å². The van der Waals surface area contributed by atoms with Crippen molar-refractivity contribution in [3.8, 4) is 0 Å². The van der Waals surface area contributed by atoms with Gasteiger partial charge in [0.25, 0.3) is 5.91 Å². The number of amides is 1. The average molecular weight is 317 g/mol. The van der Waals surface area contributed by atoms with Crippen LogP contribution in [0.25, 0.3) is 0 Å². The molecule has 4 nitrogen and oxygen atoms in total. The molecular formula is C17H19NO3S. The highest BCUT2D eigenvalue weighted by Crippen LogP contribution is 2.18. The highest BCUT2D eigenvalue weighted by molar-refractivity contribution is 7.12. The van der Waals surface area contributed by atoms with Crippen LogP contribution in [0.4, 0.5) is 5.69 Å². The van der Waals surface area contributed by atoms with E-state index in [1.807, 2.05) is 42.6 Å². The number of thiophene rings is 1. The first-order chi connectivity index (χ1) is 10.5. The zero-order valence-corrected chi connectivity index (χ0v) is 13.7. The van der Waals surface area contributed by atoms with E-state index >= 15 is 0 Å². The van der Waals surface area contributed by atoms with Crippen LogP contribution in [0.15, 0.2) is 35.7 Å². The van der Waals surface area contributed by atoms with Gasteiger partial charge in [0, 0.05) is 5.69 Å². The predicted octanol–water partition coefficient (Wildman–Crippen LogP) is 3.80. The lowest BCUT2D eigenvalue weighted by Crippen LogP contribution is -2.29. The van der Waals surface area contributed by atoms with E-state index in [2.05, 4.69) is 12.2 Å². The topological polar surface area (TPSA) is 55.4 Å². The Kier molecular flexibility index (Phi) is 5.33. The SMILES string of the molecule is CCc1ccc(NC(=O)[C@H](C)OC(=O)c2sccc2C)cc1. The molecule has 0 saturated heterocycles. The second-order valence-corrected chi connectivity index (χ2v) is 5.94. The van der Waals surface area contributed by atoms with E-state index in [0.29, 0.717) is 10.6 Å². The Hall–Kier alpha value is -2.14. The van der Waals surface area contributed by atoms with Crippen molar-refractivity contribution in [1.82, 2.24) is 0 Å². The number of hydrogen-bond donors (Lipinski definition) is 1. The van der Waals surface area contributed by atoms with E-state index in [1.54, 1.807) is 6.92 Å². The molecule has 22 heavy (non-hydrogen) atoms. The van der Waals surface area contributed by atoms with Crippen LogP contribution in [0.5, 0.6) is 0 Å². The smallest absolute Gasteiger partial charge is 0.349 e. The summed E-state index contributed by atoms with van der Waals surface area (Å²) in [4.78, 5) is 24.6. The van der Waals surface area contributed by atoms with Gasteiger partial charge in [-0.05, 0) is 55.0 Å². The van der Waals surface area contributed by atoms with E-state index in [1.165, 1.54) is 16.9 Å². The van der Waals surface area contributed by atoms with E-state index < -0.39 is 12.1 Å². The number of nitrogens with one attached hydrogen (secondary N) is 1. The summed E-state index contributed by atoms with van der Waals surface area (Å²) in [5, 5.41) is 4.57. The molecule has 0 fully saturated rings. The molecule has 1 heterocycles. The summed E-state index contributed by atoms with van der Waals surface area (Å²) < 4.78 is 5.21. The molecule has 0 bridgehead atoms. The van der Waals surface area contributed by atoms with E-state index in [0.717, 1.165) is 12.0 Å². The minimum absolute atomic E-state index is 0.341. The molecule has 2 rings (SSSR count). The maximum absolute atomic E-state index is 12.1. The third-order valence-corrected chi connectivity index (χ3v) is 4.33. The summed E-state index contributed by atoms with van der Waals surface area (Å²) in [6.45, 7) is 5.48. The van der Waals surface area contributed by atoms with Gasteiger partial charge in [0.05, 0.1) is 0 Å². The fourth-order valence-electron chi connectivity index (χ4n) is 1.92. The zero-order valence-electron chi connectivity index (χ0n) is 12.9. The second kappa shape index (κ2) is 7.22. The molecule has 1 amide bonds. The molecule has 0 aliphatic carbocycles. The van der Waals surface area contributed by atoms with Crippen molar-refractivity contribution in [2.24, 2.45) is 0 Å². The molecule has 1 aromatic carbocycles. The number of carbonyl (C=O) groups excluding carboxylic acids is 2. The van der Waals surface area contributed by atoms with Crippen molar-refractivity contribution < 1.29 is 14.3 Å². The van der Waals surface area contributed by atoms with Crippen molar-refractivity contribution in [3.63, 3.8) is 0 Å². The number of benzene rings is 1. The fourth-order valence-corrected chi connectivity index (χ4v) is 2.72. The summed E-state index contributed by atoms with van der Waals surface area (Å²) in [5.41, 5.74) is 2.75. The molecule has 0 radical (unpaired) electrons. The lowest BCUT2D eigenvalue weighted by atomic mass is 10.1. The zero-order chi connectivity index (χ0) is 16.1. The monoisotopic (exact) mass is 317 g/mol. The molecule has 0 saturated carbocycles. The normalized spacial score (nSPS) is 11.8.